The molecule has 1 N–H and O–H groups in total. The van der Waals surface area contributed by atoms with Crippen molar-refractivity contribution in [3.05, 3.63) is 80.7 Å². The fourth-order valence-corrected chi connectivity index (χ4v) is 10.8. The molecule has 0 bridgehead atoms. The minimum absolute atomic E-state index is 0.0147. The average molecular weight is 849 g/mol. The van der Waals surface area contributed by atoms with Crippen LogP contribution in [0.25, 0.3) is 0 Å². The summed E-state index contributed by atoms with van der Waals surface area (Å²) < 4.78 is 47.5. The molecule has 7 rings (SSSR count). The van der Waals surface area contributed by atoms with Crippen LogP contribution in [0, 0.1) is 17.8 Å². The number of thiophene rings is 1. The Morgan fingerprint density at radius 2 is 1.52 bits per heavy atom. The molecular weight excluding hydrogens is 785 g/mol. The number of aliphatic hydroxyl groups is 1. The Bertz CT molecular complexity index is 1900. The van der Waals surface area contributed by atoms with Crippen LogP contribution in [0.3, 0.4) is 0 Å². The van der Waals surface area contributed by atoms with Crippen LogP contribution in [0.2, 0.25) is 0 Å². The minimum Gasteiger partial charge on any atom is -0.493 e. The van der Waals surface area contributed by atoms with E-state index in [0.29, 0.717) is 81.5 Å². The number of aliphatic hydroxyl groups excluding tert-OH is 1. The summed E-state index contributed by atoms with van der Waals surface area (Å²) in [7, 11) is 6.74. The maximum absolute atomic E-state index is 15.3. The number of fused-ring (bicyclic) bond motifs is 4. The van der Waals surface area contributed by atoms with Crippen LogP contribution >= 0.6 is 11.3 Å². The van der Waals surface area contributed by atoms with Gasteiger partial charge in [-0.15, -0.1) is 0 Å². The van der Waals surface area contributed by atoms with Crippen molar-refractivity contribution in [2.75, 3.05) is 87.7 Å². The highest BCUT2D eigenvalue weighted by Gasteiger charge is 2.45. The zero-order valence-electron chi connectivity index (χ0n) is 36.2. The standard InChI is InChI=1S/C47H64N2O10S/c1-7-30-28-48-13-9-31-23-41(52-3)43(54-5)26-37(31)39(48)21-34(30)22-40-38-27-44(55-6)42(53-4)24-32(38)10-14-49(40)46(51)45-25-36(33-12-20-60-29-33)35(47(59-45)58-8-2)11-16-56-18-19-57-17-15-50/h12,20,23-27,29-30,34-36,39-40,47,50H,7-11,13-19,21-22,28H2,1-6H3/t30-,34+,35-,36-,39-,40+,47-/m0/s1. The van der Waals surface area contributed by atoms with Gasteiger partial charge < -0.3 is 47.9 Å². The first kappa shape index (κ1) is 44.2. The number of allylic oxidation sites excluding steroid dienone is 1. The molecule has 328 valence electrons. The first-order valence-electron chi connectivity index (χ1n) is 21.7. The van der Waals surface area contributed by atoms with Crippen molar-refractivity contribution in [3.8, 4) is 23.0 Å². The maximum atomic E-state index is 15.3. The SMILES string of the molecule is CCO[C@H]1OC(C(=O)N2CCc3cc(OC)c(OC)cc3[C@H]2C[C@H]2C[C@H]3c4cc(OC)c(OC)cc4CCN3C[C@@H]2CC)=C[C@@H](c2ccsc2)[C@@H]1CCOCCOCCO. The number of benzene rings is 2. The lowest BCUT2D eigenvalue weighted by Crippen LogP contribution is -2.48. The molecule has 2 aromatic carbocycles. The van der Waals surface area contributed by atoms with Crippen LogP contribution in [-0.2, 0) is 36.6 Å². The summed E-state index contributed by atoms with van der Waals surface area (Å²) in [6.45, 7) is 8.87. The third-order valence-electron chi connectivity index (χ3n) is 13.1. The number of carbonyl (C=O) groups is 1. The quantitative estimate of drug-likeness (QED) is 0.122. The lowest BCUT2D eigenvalue weighted by Gasteiger charge is -2.49. The van der Waals surface area contributed by atoms with Crippen LogP contribution in [0.5, 0.6) is 23.0 Å². The molecule has 1 amide bonds. The van der Waals surface area contributed by atoms with E-state index in [1.807, 2.05) is 13.0 Å². The fourth-order valence-electron chi connectivity index (χ4n) is 10.1. The van der Waals surface area contributed by atoms with Crippen LogP contribution in [0.4, 0.5) is 0 Å². The molecule has 0 unspecified atom stereocenters. The van der Waals surface area contributed by atoms with Crippen molar-refractivity contribution in [3.63, 3.8) is 0 Å². The molecule has 1 fully saturated rings. The van der Waals surface area contributed by atoms with E-state index in [0.717, 1.165) is 61.4 Å². The van der Waals surface area contributed by atoms with E-state index in [2.05, 4.69) is 57.8 Å². The largest absolute Gasteiger partial charge is 0.493 e. The number of ether oxygens (including phenoxy) is 8. The summed E-state index contributed by atoms with van der Waals surface area (Å²) in [5, 5.41) is 13.3. The lowest BCUT2D eigenvalue weighted by molar-refractivity contribution is -0.173. The van der Waals surface area contributed by atoms with Gasteiger partial charge in [-0.25, -0.2) is 0 Å². The molecule has 13 heteroatoms. The van der Waals surface area contributed by atoms with E-state index in [9.17, 15) is 0 Å². The lowest BCUT2D eigenvalue weighted by atomic mass is 9.72. The van der Waals surface area contributed by atoms with Gasteiger partial charge in [0.2, 0.25) is 6.29 Å². The van der Waals surface area contributed by atoms with Crippen molar-refractivity contribution in [1.29, 1.82) is 0 Å². The first-order chi connectivity index (χ1) is 29.3. The summed E-state index contributed by atoms with van der Waals surface area (Å²) in [6, 6.07) is 10.7. The second-order valence-corrected chi connectivity index (χ2v) is 17.0. The molecule has 12 nitrogen and oxygen atoms in total. The topological polar surface area (TPSA) is 118 Å². The van der Waals surface area contributed by atoms with Crippen molar-refractivity contribution in [2.24, 2.45) is 17.8 Å². The third-order valence-corrected chi connectivity index (χ3v) is 13.8. The van der Waals surface area contributed by atoms with Gasteiger partial charge in [0.15, 0.2) is 28.8 Å². The molecule has 1 saturated heterocycles. The van der Waals surface area contributed by atoms with Crippen molar-refractivity contribution >= 4 is 17.2 Å². The predicted molar refractivity (Wildman–Crippen MR) is 230 cm³/mol. The van der Waals surface area contributed by atoms with Crippen molar-refractivity contribution in [2.45, 2.75) is 76.7 Å². The summed E-state index contributed by atoms with van der Waals surface area (Å²) in [4.78, 5) is 20.0. The summed E-state index contributed by atoms with van der Waals surface area (Å²) in [6.07, 6.45) is 6.57. The molecule has 4 aliphatic rings. The number of piperidine rings is 1. The number of amides is 1. The molecule has 0 spiro atoms. The summed E-state index contributed by atoms with van der Waals surface area (Å²) >= 11 is 1.64. The molecule has 4 aliphatic heterocycles. The normalized spacial score (nSPS) is 25.0. The Balaban J connectivity index is 1.21. The molecule has 7 atom stereocenters. The van der Waals surface area contributed by atoms with Gasteiger partial charge in [0.25, 0.3) is 5.91 Å². The minimum atomic E-state index is -0.631. The van der Waals surface area contributed by atoms with Gasteiger partial charge in [-0.3, -0.25) is 9.69 Å². The highest BCUT2D eigenvalue weighted by molar-refractivity contribution is 7.08. The molecule has 0 radical (unpaired) electrons. The number of methoxy groups -OCH3 is 4. The monoisotopic (exact) mass is 848 g/mol. The van der Waals surface area contributed by atoms with Gasteiger partial charge in [0.05, 0.1) is 60.9 Å². The molecule has 0 aliphatic carbocycles. The fraction of sp³-hybridized carbons (Fsp3) is 0.596. The Labute approximate surface area is 359 Å². The zero-order valence-corrected chi connectivity index (χ0v) is 37.0. The van der Waals surface area contributed by atoms with Crippen LogP contribution in [-0.4, -0.2) is 115 Å². The van der Waals surface area contributed by atoms with Gasteiger partial charge in [-0.05, 0) is 126 Å². The number of rotatable bonds is 19. The van der Waals surface area contributed by atoms with E-state index in [1.54, 1.807) is 39.8 Å². The van der Waals surface area contributed by atoms with E-state index < -0.39 is 6.29 Å². The highest BCUT2D eigenvalue weighted by atomic mass is 32.1. The maximum Gasteiger partial charge on any atom is 0.289 e. The Hall–Kier alpha value is -3.85. The molecule has 1 aromatic heterocycles. The van der Waals surface area contributed by atoms with Gasteiger partial charge in [-0.1, -0.05) is 13.3 Å². The first-order valence-corrected chi connectivity index (χ1v) is 22.6. The van der Waals surface area contributed by atoms with Crippen LogP contribution < -0.4 is 18.9 Å². The molecule has 3 aromatic rings. The number of hydrogen-bond donors (Lipinski definition) is 1. The second kappa shape index (κ2) is 20.8. The van der Waals surface area contributed by atoms with Gasteiger partial charge in [-0.2, -0.15) is 11.3 Å². The van der Waals surface area contributed by atoms with Crippen LogP contribution in [0.1, 0.15) is 85.3 Å². The molecular formula is C47H64N2O10S. The summed E-state index contributed by atoms with van der Waals surface area (Å²) in [5.41, 5.74) is 6.05. The number of carbonyl (C=O) groups excluding carboxylic acids is 1. The molecule has 0 saturated carbocycles. The van der Waals surface area contributed by atoms with Gasteiger partial charge in [0.1, 0.15) is 0 Å². The molecule has 60 heavy (non-hydrogen) atoms. The zero-order chi connectivity index (χ0) is 42.2. The van der Waals surface area contributed by atoms with E-state index in [1.165, 1.54) is 16.7 Å². The van der Waals surface area contributed by atoms with Gasteiger partial charge in [0, 0.05) is 50.7 Å². The predicted octanol–water partition coefficient (Wildman–Crippen LogP) is 7.34. The third kappa shape index (κ3) is 9.46. The van der Waals surface area contributed by atoms with E-state index in [4.69, 9.17) is 43.0 Å². The average Bonchev–Trinajstić information content (AvgIpc) is 3.83. The Kier molecular flexibility index (Phi) is 15.3. The van der Waals surface area contributed by atoms with Gasteiger partial charge >= 0.3 is 0 Å². The summed E-state index contributed by atoms with van der Waals surface area (Å²) in [5.74, 6) is 3.72. The van der Waals surface area contributed by atoms with Crippen molar-refractivity contribution < 1.29 is 47.8 Å². The number of nitrogens with zero attached hydrogens (tertiary/aromatic N) is 2. The van der Waals surface area contributed by atoms with E-state index in [-0.39, 0.29) is 36.4 Å². The number of hydrogen-bond acceptors (Lipinski definition) is 12. The highest BCUT2D eigenvalue weighted by Crippen LogP contribution is 2.50. The van der Waals surface area contributed by atoms with E-state index >= 15 is 4.79 Å². The Morgan fingerprint density at radius 1 is 0.850 bits per heavy atom. The second-order valence-electron chi connectivity index (χ2n) is 16.2. The van der Waals surface area contributed by atoms with Crippen LogP contribution in [0.15, 0.2) is 52.9 Å². The molecule has 5 heterocycles. The van der Waals surface area contributed by atoms with Crippen molar-refractivity contribution in [1.82, 2.24) is 9.80 Å². The smallest absolute Gasteiger partial charge is 0.289 e. The Morgan fingerprint density at radius 3 is 2.17 bits per heavy atom.